The molecule has 0 aliphatic rings. The van der Waals surface area contributed by atoms with Crippen LogP contribution in [0.2, 0.25) is 0 Å². The fourth-order valence-corrected chi connectivity index (χ4v) is 6.25. The summed E-state index contributed by atoms with van der Waals surface area (Å²) in [5.74, 6) is -1.15. The van der Waals surface area contributed by atoms with Gasteiger partial charge in [-0.25, -0.2) is 17.9 Å². The van der Waals surface area contributed by atoms with Crippen LogP contribution in [0.3, 0.4) is 0 Å². The topological polar surface area (TPSA) is 83.5 Å². The van der Waals surface area contributed by atoms with E-state index in [1.165, 1.54) is 11.3 Å². The number of carbonyl (C=O) groups is 1. The van der Waals surface area contributed by atoms with Crippen LogP contribution < -0.4 is 4.72 Å². The number of sulfonamides is 1. The summed E-state index contributed by atoms with van der Waals surface area (Å²) < 4.78 is 27.9. The van der Waals surface area contributed by atoms with Crippen LogP contribution in [-0.4, -0.2) is 19.5 Å². The Kier molecular flexibility index (Phi) is 5.03. The standard InChI is InChI=1S/C10H7Br2NO4S3/c11-5-1-2-18-7(5)4-13-20(16,17)8-3-6(10(14)15)19-9(8)12/h1-3,13H,4H2,(H,14,15). The Balaban J connectivity index is 2.22. The Morgan fingerprint density at radius 1 is 1.40 bits per heavy atom. The van der Waals surface area contributed by atoms with Gasteiger partial charge in [0.05, 0.1) is 3.79 Å². The highest BCUT2D eigenvalue weighted by atomic mass is 79.9. The van der Waals surface area contributed by atoms with E-state index in [2.05, 4.69) is 36.6 Å². The first-order valence-corrected chi connectivity index (χ1v) is 9.82. The SMILES string of the molecule is O=C(O)c1cc(S(=O)(=O)NCc2sccc2Br)c(Br)s1. The van der Waals surface area contributed by atoms with Gasteiger partial charge in [0, 0.05) is 15.9 Å². The first-order chi connectivity index (χ1) is 9.31. The van der Waals surface area contributed by atoms with E-state index in [1.807, 2.05) is 11.4 Å². The van der Waals surface area contributed by atoms with Gasteiger partial charge in [-0.1, -0.05) is 0 Å². The monoisotopic (exact) mass is 459 g/mol. The van der Waals surface area contributed by atoms with Gasteiger partial charge >= 0.3 is 5.97 Å². The van der Waals surface area contributed by atoms with Crippen LogP contribution in [0.4, 0.5) is 0 Å². The van der Waals surface area contributed by atoms with Gasteiger partial charge in [0.25, 0.3) is 0 Å². The lowest BCUT2D eigenvalue weighted by atomic mass is 10.5. The molecule has 0 fully saturated rings. The maximum Gasteiger partial charge on any atom is 0.345 e. The molecule has 2 aromatic heterocycles. The molecule has 108 valence electrons. The highest BCUT2D eigenvalue weighted by molar-refractivity contribution is 9.11. The highest BCUT2D eigenvalue weighted by Crippen LogP contribution is 2.32. The fourth-order valence-electron chi connectivity index (χ4n) is 1.33. The van der Waals surface area contributed by atoms with E-state index in [1.54, 1.807) is 0 Å². The molecule has 0 spiro atoms. The zero-order chi connectivity index (χ0) is 14.9. The minimum absolute atomic E-state index is 0.0328. The molecule has 0 aliphatic carbocycles. The first-order valence-electron chi connectivity index (χ1n) is 5.05. The van der Waals surface area contributed by atoms with Gasteiger partial charge in [-0.2, -0.15) is 0 Å². The zero-order valence-electron chi connectivity index (χ0n) is 9.59. The summed E-state index contributed by atoms with van der Waals surface area (Å²) in [6.45, 7) is 0.144. The molecule has 2 aromatic rings. The molecule has 0 unspecified atom stereocenters. The molecule has 0 amide bonds. The molecular weight excluding hydrogens is 454 g/mol. The van der Waals surface area contributed by atoms with Gasteiger partial charge in [-0.05, 0) is 49.4 Å². The van der Waals surface area contributed by atoms with Crippen molar-refractivity contribution in [3.63, 3.8) is 0 Å². The molecule has 10 heteroatoms. The Bertz CT molecular complexity index is 750. The summed E-state index contributed by atoms with van der Waals surface area (Å²) >= 11 is 8.69. The van der Waals surface area contributed by atoms with Gasteiger partial charge in [-0.15, -0.1) is 22.7 Å². The fraction of sp³-hybridized carbons (Fsp3) is 0.100. The molecule has 5 nitrogen and oxygen atoms in total. The van der Waals surface area contributed by atoms with Crippen molar-refractivity contribution in [3.8, 4) is 0 Å². The lowest BCUT2D eigenvalue weighted by molar-refractivity contribution is 0.0702. The third-order valence-corrected chi connectivity index (χ3v) is 7.84. The highest BCUT2D eigenvalue weighted by Gasteiger charge is 2.23. The maximum atomic E-state index is 12.2. The lowest BCUT2D eigenvalue weighted by Gasteiger charge is -2.04. The van der Waals surface area contributed by atoms with Gasteiger partial charge in [0.2, 0.25) is 10.0 Å². The minimum atomic E-state index is -3.76. The summed E-state index contributed by atoms with van der Waals surface area (Å²) in [7, 11) is -3.76. The van der Waals surface area contributed by atoms with Crippen molar-refractivity contribution in [2.45, 2.75) is 11.4 Å². The maximum absolute atomic E-state index is 12.2. The molecule has 0 saturated heterocycles. The molecule has 0 aromatic carbocycles. The van der Waals surface area contributed by atoms with E-state index >= 15 is 0 Å². The van der Waals surface area contributed by atoms with E-state index in [9.17, 15) is 13.2 Å². The predicted molar refractivity (Wildman–Crippen MR) is 85.0 cm³/mol. The van der Waals surface area contributed by atoms with Gasteiger partial charge in [-0.3, -0.25) is 0 Å². The van der Waals surface area contributed by atoms with Crippen LogP contribution in [0.25, 0.3) is 0 Å². The molecule has 0 bridgehead atoms. The van der Waals surface area contributed by atoms with Crippen molar-refractivity contribution in [2.75, 3.05) is 0 Å². The molecule has 20 heavy (non-hydrogen) atoms. The van der Waals surface area contributed by atoms with E-state index in [-0.39, 0.29) is 20.1 Å². The normalized spacial score (nSPS) is 11.7. The Labute approximate surface area is 140 Å². The molecule has 0 radical (unpaired) electrons. The summed E-state index contributed by atoms with van der Waals surface area (Å²) in [6, 6.07) is 2.97. The van der Waals surface area contributed by atoms with E-state index in [0.717, 1.165) is 26.8 Å². The largest absolute Gasteiger partial charge is 0.477 e. The molecule has 2 rings (SSSR count). The average molecular weight is 461 g/mol. The second kappa shape index (κ2) is 6.24. The van der Waals surface area contributed by atoms with E-state index in [4.69, 9.17) is 5.11 Å². The van der Waals surface area contributed by atoms with Crippen molar-refractivity contribution < 1.29 is 18.3 Å². The lowest BCUT2D eigenvalue weighted by Crippen LogP contribution is -2.22. The van der Waals surface area contributed by atoms with Crippen molar-refractivity contribution in [1.82, 2.24) is 4.72 Å². The Hall–Kier alpha value is -0.260. The third kappa shape index (κ3) is 3.49. The van der Waals surface area contributed by atoms with Crippen LogP contribution in [0.15, 0.2) is 30.7 Å². The molecule has 0 saturated carbocycles. The van der Waals surface area contributed by atoms with Crippen molar-refractivity contribution in [1.29, 1.82) is 0 Å². The van der Waals surface area contributed by atoms with Crippen LogP contribution >= 0.6 is 54.5 Å². The molecule has 0 aliphatic heterocycles. The first kappa shape index (κ1) is 16.1. The van der Waals surface area contributed by atoms with Crippen molar-refractivity contribution in [2.24, 2.45) is 0 Å². The third-order valence-electron chi connectivity index (χ3n) is 2.27. The van der Waals surface area contributed by atoms with E-state index in [0.29, 0.717) is 0 Å². The number of carboxylic acids is 1. The summed E-state index contributed by atoms with van der Waals surface area (Å²) in [6.07, 6.45) is 0. The number of aromatic carboxylic acids is 1. The van der Waals surface area contributed by atoms with Crippen molar-refractivity contribution >= 4 is 70.5 Å². The van der Waals surface area contributed by atoms with E-state index < -0.39 is 16.0 Å². The van der Waals surface area contributed by atoms with Crippen LogP contribution in [0.5, 0.6) is 0 Å². The van der Waals surface area contributed by atoms with Crippen molar-refractivity contribution in [3.05, 3.63) is 35.5 Å². The number of carboxylic acid groups (broad SMARTS) is 1. The Morgan fingerprint density at radius 2 is 2.10 bits per heavy atom. The number of rotatable bonds is 5. The molecule has 0 atom stereocenters. The summed E-state index contributed by atoms with van der Waals surface area (Å²) in [4.78, 5) is 11.6. The number of nitrogens with one attached hydrogen (secondary N) is 1. The predicted octanol–water partition coefficient (Wildman–Crippen LogP) is 3.51. The number of hydrogen-bond acceptors (Lipinski definition) is 5. The summed E-state index contributed by atoms with van der Waals surface area (Å²) in [5, 5.41) is 10.7. The second-order valence-corrected chi connectivity index (χ2v) is 9.53. The van der Waals surface area contributed by atoms with Gasteiger partial charge in [0.15, 0.2) is 0 Å². The molecular formula is C10H7Br2NO4S3. The minimum Gasteiger partial charge on any atom is -0.477 e. The van der Waals surface area contributed by atoms with Crippen LogP contribution in [0, 0.1) is 0 Å². The van der Waals surface area contributed by atoms with Crippen LogP contribution in [-0.2, 0) is 16.6 Å². The van der Waals surface area contributed by atoms with Gasteiger partial charge in [0.1, 0.15) is 9.77 Å². The second-order valence-electron chi connectivity index (χ2n) is 3.57. The number of thiophene rings is 2. The smallest absolute Gasteiger partial charge is 0.345 e. The number of hydrogen-bond donors (Lipinski definition) is 2. The zero-order valence-corrected chi connectivity index (χ0v) is 15.2. The average Bonchev–Trinajstić information content (AvgIpc) is 2.93. The van der Waals surface area contributed by atoms with Gasteiger partial charge < -0.3 is 5.11 Å². The molecule has 2 heterocycles. The molecule has 2 N–H and O–H groups in total. The Morgan fingerprint density at radius 3 is 2.60 bits per heavy atom. The summed E-state index contributed by atoms with van der Waals surface area (Å²) in [5.41, 5.74) is 0. The quantitative estimate of drug-likeness (QED) is 0.714. The number of halogens is 2. The van der Waals surface area contributed by atoms with Crippen LogP contribution in [0.1, 0.15) is 14.5 Å².